The number of carbonyl (C=O) groups is 2. The van der Waals surface area contributed by atoms with Crippen molar-refractivity contribution in [1.29, 1.82) is 0 Å². The molecule has 1 N–H and O–H groups in total. The molecule has 2 aromatic rings. The molecule has 2 heterocycles. The molecule has 0 aliphatic rings. The van der Waals surface area contributed by atoms with E-state index in [0.717, 1.165) is 9.88 Å². The molecule has 0 saturated carbocycles. The van der Waals surface area contributed by atoms with Gasteiger partial charge in [0, 0.05) is 5.38 Å². The van der Waals surface area contributed by atoms with Gasteiger partial charge in [0.2, 0.25) is 0 Å². The standard InChI is InChI=1S/C12H12N2O3S2/c1-2-17-10(15)6-13-11(16)8-7-19-12(14-8)9-4-3-5-18-9/h3-5,7H,2,6H2,1H3,(H,13,16). The molecule has 0 bridgehead atoms. The van der Waals surface area contributed by atoms with Gasteiger partial charge in [0.05, 0.1) is 11.5 Å². The van der Waals surface area contributed by atoms with Gasteiger partial charge in [0.1, 0.15) is 17.2 Å². The zero-order valence-corrected chi connectivity index (χ0v) is 11.8. The third-order valence-corrected chi connectivity index (χ3v) is 4.05. The van der Waals surface area contributed by atoms with Crippen molar-refractivity contribution in [3.8, 4) is 9.88 Å². The van der Waals surface area contributed by atoms with E-state index in [4.69, 9.17) is 4.74 Å². The fraction of sp³-hybridized carbons (Fsp3) is 0.250. The van der Waals surface area contributed by atoms with Crippen LogP contribution in [0.15, 0.2) is 22.9 Å². The number of ether oxygens (including phenoxy) is 1. The van der Waals surface area contributed by atoms with Gasteiger partial charge >= 0.3 is 5.97 Å². The average molecular weight is 296 g/mol. The highest BCUT2D eigenvalue weighted by Gasteiger charge is 2.13. The molecule has 0 fully saturated rings. The van der Waals surface area contributed by atoms with Crippen molar-refractivity contribution >= 4 is 34.6 Å². The zero-order valence-electron chi connectivity index (χ0n) is 10.2. The van der Waals surface area contributed by atoms with E-state index in [1.165, 1.54) is 11.3 Å². The van der Waals surface area contributed by atoms with Crippen LogP contribution in [0.1, 0.15) is 17.4 Å². The number of nitrogens with one attached hydrogen (secondary N) is 1. The minimum Gasteiger partial charge on any atom is -0.465 e. The third-order valence-electron chi connectivity index (χ3n) is 2.17. The minimum absolute atomic E-state index is 0.140. The van der Waals surface area contributed by atoms with E-state index in [2.05, 4.69) is 10.3 Å². The molecule has 100 valence electrons. The lowest BCUT2D eigenvalue weighted by Crippen LogP contribution is -2.30. The topological polar surface area (TPSA) is 68.3 Å². The summed E-state index contributed by atoms with van der Waals surface area (Å²) in [6.07, 6.45) is 0. The zero-order chi connectivity index (χ0) is 13.7. The van der Waals surface area contributed by atoms with Crippen LogP contribution in [-0.4, -0.2) is 30.0 Å². The summed E-state index contributed by atoms with van der Waals surface area (Å²) in [4.78, 5) is 28.1. The minimum atomic E-state index is -0.454. The number of hydrogen-bond donors (Lipinski definition) is 1. The second-order valence-corrected chi connectivity index (χ2v) is 5.31. The van der Waals surface area contributed by atoms with Gasteiger partial charge < -0.3 is 10.1 Å². The monoisotopic (exact) mass is 296 g/mol. The normalized spacial score (nSPS) is 10.2. The largest absolute Gasteiger partial charge is 0.465 e. The molecule has 0 unspecified atom stereocenters. The predicted molar refractivity (Wildman–Crippen MR) is 74.4 cm³/mol. The maximum atomic E-state index is 11.8. The second kappa shape index (κ2) is 6.44. The Bertz CT molecular complexity index is 563. The van der Waals surface area contributed by atoms with E-state index in [1.807, 2.05) is 17.5 Å². The molecule has 1 amide bonds. The maximum Gasteiger partial charge on any atom is 0.325 e. The third kappa shape index (κ3) is 3.62. The van der Waals surface area contributed by atoms with Gasteiger partial charge in [-0.1, -0.05) is 6.07 Å². The first-order chi connectivity index (χ1) is 9.20. The van der Waals surface area contributed by atoms with Crippen molar-refractivity contribution in [3.63, 3.8) is 0 Å². The quantitative estimate of drug-likeness (QED) is 0.859. The average Bonchev–Trinajstić information content (AvgIpc) is 3.06. The Kier molecular flexibility index (Phi) is 4.64. The number of thiazole rings is 1. The SMILES string of the molecule is CCOC(=O)CNC(=O)c1csc(-c2cccs2)n1. The van der Waals surface area contributed by atoms with Crippen LogP contribution in [0.5, 0.6) is 0 Å². The number of thiophene rings is 1. The van der Waals surface area contributed by atoms with Gasteiger partial charge in [-0.3, -0.25) is 9.59 Å². The Balaban J connectivity index is 1.95. The van der Waals surface area contributed by atoms with E-state index in [9.17, 15) is 9.59 Å². The molecule has 0 aliphatic carbocycles. The highest BCUT2D eigenvalue weighted by molar-refractivity contribution is 7.20. The molecule has 0 aromatic carbocycles. The van der Waals surface area contributed by atoms with Gasteiger partial charge in [0.25, 0.3) is 5.91 Å². The van der Waals surface area contributed by atoms with E-state index in [-0.39, 0.29) is 12.5 Å². The first-order valence-electron chi connectivity index (χ1n) is 5.64. The maximum absolute atomic E-state index is 11.8. The van der Waals surface area contributed by atoms with E-state index in [1.54, 1.807) is 23.6 Å². The van der Waals surface area contributed by atoms with Crippen molar-refractivity contribution in [3.05, 3.63) is 28.6 Å². The summed E-state index contributed by atoms with van der Waals surface area (Å²) in [7, 11) is 0. The predicted octanol–water partition coefficient (Wildman–Crippen LogP) is 2.16. The number of aromatic nitrogens is 1. The summed E-state index contributed by atoms with van der Waals surface area (Å²) in [6.45, 7) is 1.87. The molecule has 2 rings (SSSR count). The molecule has 5 nitrogen and oxygen atoms in total. The number of amides is 1. The van der Waals surface area contributed by atoms with Crippen LogP contribution < -0.4 is 5.32 Å². The fourth-order valence-corrected chi connectivity index (χ4v) is 2.96. The van der Waals surface area contributed by atoms with Crippen LogP contribution in [0.25, 0.3) is 9.88 Å². The number of esters is 1. The molecule has 0 aliphatic heterocycles. The number of hydrogen-bond acceptors (Lipinski definition) is 6. The van der Waals surface area contributed by atoms with Crippen molar-refractivity contribution in [2.75, 3.05) is 13.2 Å². The van der Waals surface area contributed by atoms with Gasteiger partial charge in [-0.15, -0.1) is 22.7 Å². The lowest BCUT2D eigenvalue weighted by Gasteiger charge is -2.02. The van der Waals surface area contributed by atoms with Crippen molar-refractivity contribution in [2.24, 2.45) is 0 Å². The van der Waals surface area contributed by atoms with Gasteiger partial charge in [-0.25, -0.2) is 4.98 Å². The molecular weight excluding hydrogens is 284 g/mol. The Labute approximate surface area is 118 Å². The molecular formula is C12H12N2O3S2. The first kappa shape index (κ1) is 13.7. The number of carbonyl (C=O) groups excluding carboxylic acids is 2. The Morgan fingerprint density at radius 2 is 2.26 bits per heavy atom. The van der Waals surface area contributed by atoms with Gasteiger partial charge in [-0.05, 0) is 18.4 Å². The van der Waals surface area contributed by atoms with E-state index >= 15 is 0 Å². The molecule has 7 heteroatoms. The van der Waals surface area contributed by atoms with E-state index < -0.39 is 5.97 Å². The Hall–Kier alpha value is -1.73. The lowest BCUT2D eigenvalue weighted by molar-refractivity contribution is -0.141. The van der Waals surface area contributed by atoms with Crippen molar-refractivity contribution in [2.45, 2.75) is 6.92 Å². The van der Waals surface area contributed by atoms with Gasteiger partial charge in [0.15, 0.2) is 0 Å². The molecule has 0 saturated heterocycles. The van der Waals surface area contributed by atoms with Crippen LogP contribution in [0.3, 0.4) is 0 Å². The number of rotatable bonds is 5. The van der Waals surface area contributed by atoms with Crippen molar-refractivity contribution in [1.82, 2.24) is 10.3 Å². The lowest BCUT2D eigenvalue weighted by atomic mass is 10.4. The second-order valence-electron chi connectivity index (χ2n) is 3.50. The molecule has 2 aromatic heterocycles. The summed E-state index contributed by atoms with van der Waals surface area (Å²) in [5, 5.41) is 6.91. The van der Waals surface area contributed by atoms with E-state index in [0.29, 0.717) is 12.3 Å². The van der Waals surface area contributed by atoms with Crippen LogP contribution in [-0.2, 0) is 9.53 Å². The summed E-state index contributed by atoms with van der Waals surface area (Å²) in [6, 6.07) is 3.88. The van der Waals surface area contributed by atoms with Crippen LogP contribution in [0.2, 0.25) is 0 Å². The molecule has 19 heavy (non-hydrogen) atoms. The van der Waals surface area contributed by atoms with Crippen LogP contribution in [0, 0.1) is 0 Å². The summed E-state index contributed by atoms with van der Waals surface area (Å²) in [5.41, 5.74) is 0.317. The number of nitrogens with zero attached hydrogens (tertiary/aromatic N) is 1. The van der Waals surface area contributed by atoms with Crippen LogP contribution >= 0.6 is 22.7 Å². The summed E-state index contributed by atoms with van der Waals surface area (Å²) < 4.78 is 4.72. The molecule has 0 atom stereocenters. The summed E-state index contributed by atoms with van der Waals surface area (Å²) >= 11 is 2.97. The highest BCUT2D eigenvalue weighted by Crippen LogP contribution is 2.27. The fourth-order valence-electron chi connectivity index (χ4n) is 1.35. The Morgan fingerprint density at radius 3 is 2.95 bits per heavy atom. The highest BCUT2D eigenvalue weighted by atomic mass is 32.1. The molecule has 0 radical (unpaired) electrons. The molecule has 0 spiro atoms. The van der Waals surface area contributed by atoms with Crippen LogP contribution in [0.4, 0.5) is 0 Å². The van der Waals surface area contributed by atoms with Gasteiger partial charge in [-0.2, -0.15) is 0 Å². The first-order valence-corrected chi connectivity index (χ1v) is 7.40. The Morgan fingerprint density at radius 1 is 1.42 bits per heavy atom. The smallest absolute Gasteiger partial charge is 0.325 e. The summed E-state index contributed by atoms with van der Waals surface area (Å²) in [5.74, 6) is -0.823. The van der Waals surface area contributed by atoms with Crippen molar-refractivity contribution < 1.29 is 14.3 Å².